The highest BCUT2D eigenvalue weighted by Gasteiger charge is 2.26. The van der Waals surface area contributed by atoms with Gasteiger partial charge in [-0.15, -0.1) is 0 Å². The third-order valence-electron chi connectivity index (χ3n) is 3.32. The van der Waals surface area contributed by atoms with Crippen LogP contribution in [0.15, 0.2) is 24.3 Å². The van der Waals surface area contributed by atoms with E-state index in [4.69, 9.17) is 9.47 Å². The Morgan fingerprint density at radius 2 is 2.20 bits per heavy atom. The van der Waals surface area contributed by atoms with Crippen molar-refractivity contribution in [2.45, 2.75) is 12.5 Å². The van der Waals surface area contributed by atoms with Gasteiger partial charge in [-0.2, -0.15) is 0 Å². The summed E-state index contributed by atoms with van der Waals surface area (Å²) >= 11 is 0. The Hall–Kier alpha value is -1.43. The standard InChI is InChI=1S/C15H22N2O3/c1-19-11-9-16-7-8-17-15(18)14-13-5-3-2-4-12(13)6-10-20-14/h2-5,14,16H,6-11H2,1H3,(H,17,18). The predicted molar refractivity (Wildman–Crippen MR) is 76.6 cm³/mol. The van der Waals surface area contributed by atoms with Gasteiger partial charge in [-0.1, -0.05) is 24.3 Å². The molecule has 0 bridgehead atoms. The average Bonchev–Trinajstić information content (AvgIpc) is 2.50. The molecule has 1 unspecified atom stereocenters. The molecule has 1 aliphatic heterocycles. The summed E-state index contributed by atoms with van der Waals surface area (Å²) in [7, 11) is 1.67. The Balaban J connectivity index is 1.79. The monoisotopic (exact) mass is 278 g/mol. The first-order chi connectivity index (χ1) is 9.83. The fraction of sp³-hybridized carbons (Fsp3) is 0.533. The van der Waals surface area contributed by atoms with E-state index in [2.05, 4.69) is 16.7 Å². The van der Waals surface area contributed by atoms with Gasteiger partial charge in [0.15, 0.2) is 6.10 Å². The molecule has 0 saturated carbocycles. The van der Waals surface area contributed by atoms with E-state index in [1.807, 2.05) is 18.2 Å². The van der Waals surface area contributed by atoms with Crippen molar-refractivity contribution < 1.29 is 14.3 Å². The van der Waals surface area contributed by atoms with Crippen LogP contribution in [0.1, 0.15) is 17.2 Å². The van der Waals surface area contributed by atoms with Crippen molar-refractivity contribution in [3.05, 3.63) is 35.4 Å². The molecule has 1 atom stereocenters. The number of hydrogen-bond acceptors (Lipinski definition) is 4. The molecule has 0 radical (unpaired) electrons. The summed E-state index contributed by atoms with van der Waals surface area (Å²) in [6, 6.07) is 7.97. The predicted octanol–water partition coefficient (Wildman–Crippen LogP) is 0.653. The summed E-state index contributed by atoms with van der Waals surface area (Å²) in [6.07, 6.45) is 0.400. The molecule has 0 aliphatic carbocycles. The van der Waals surface area contributed by atoms with E-state index in [1.165, 1.54) is 5.56 Å². The smallest absolute Gasteiger partial charge is 0.253 e. The molecule has 2 rings (SSSR count). The van der Waals surface area contributed by atoms with Crippen LogP contribution in [0.25, 0.3) is 0 Å². The topological polar surface area (TPSA) is 59.6 Å². The van der Waals surface area contributed by atoms with E-state index in [9.17, 15) is 4.79 Å². The quantitative estimate of drug-likeness (QED) is 0.719. The lowest BCUT2D eigenvalue weighted by Crippen LogP contribution is -2.38. The lowest BCUT2D eigenvalue weighted by molar-refractivity contribution is -0.134. The highest BCUT2D eigenvalue weighted by atomic mass is 16.5. The maximum Gasteiger partial charge on any atom is 0.253 e. The van der Waals surface area contributed by atoms with Gasteiger partial charge >= 0.3 is 0 Å². The van der Waals surface area contributed by atoms with Crippen molar-refractivity contribution in [2.75, 3.05) is 40.0 Å². The zero-order chi connectivity index (χ0) is 14.2. The van der Waals surface area contributed by atoms with Crippen LogP contribution in [-0.4, -0.2) is 45.9 Å². The van der Waals surface area contributed by atoms with Crippen LogP contribution in [0, 0.1) is 0 Å². The molecule has 0 aromatic heterocycles. The number of methoxy groups -OCH3 is 1. The Kier molecular flexibility index (Phi) is 5.98. The molecule has 0 spiro atoms. The van der Waals surface area contributed by atoms with E-state index in [1.54, 1.807) is 7.11 Å². The van der Waals surface area contributed by atoms with Crippen LogP contribution in [0.2, 0.25) is 0 Å². The van der Waals surface area contributed by atoms with Crippen LogP contribution in [0.5, 0.6) is 0 Å². The van der Waals surface area contributed by atoms with E-state index < -0.39 is 6.10 Å². The van der Waals surface area contributed by atoms with Gasteiger partial charge in [0.2, 0.25) is 0 Å². The molecule has 1 heterocycles. The first-order valence-electron chi connectivity index (χ1n) is 6.99. The third-order valence-corrected chi connectivity index (χ3v) is 3.32. The molecule has 5 nitrogen and oxygen atoms in total. The molecule has 0 saturated heterocycles. The van der Waals surface area contributed by atoms with Crippen molar-refractivity contribution in [3.8, 4) is 0 Å². The zero-order valence-electron chi connectivity index (χ0n) is 11.9. The fourth-order valence-corrected chi connectivity index (χ4v) is 2.28. The molecule has 1 aromatic carbocycles. The van der Waals surface area contributed by atoms with E-state index >= 15 is 0 Å². The fourth-order valence-electron chi connectivity index (χ4n) is 2.28. The lowest BCUT2D eigenvalue weighted by Gasteiger charge is -2.25. The number of ether oxygens (including phenoxy) is 2. The van der Waals surface area contributed by atoms with Crippen molar-refractivity contribution >= 4 is 5.91 Å². The number of hydrogen-bond donors (Lipinski definition) is 2. The highest BCUT2D eigenvalue weighted by molar-refractivity contribution is 5.82. The maximum atomic E-state index is 12.2. The molecule has 1 amide bonds. The summed E-state index contributed by atoms with van der Waals surface area (Å²) in [5.74, 6) is -0.0642. The SMILES string of the molecule is COCCNCCNC(=O)C1OCCc2ccccc21. The third kappa shape index (κ3) is 4.03. The van der Waals surface area contributed by atoms with Gasteiger partial charge in [0, 0.05) is 26.7 Å². The van der Waals surface area contributed by atoms with Gasteiger partial charge < -0.3 is 20.1 Å². The Morgan fingerprint density at radius 1 is 1.35 bits per heavy atom. The van der Waals surface area contributed by atoms with Crippen LogP contribution >= 0.6 is 0 Å². The minimum atomic E-state index is -0.473. The minimum Gasteiger partial charge on any atom is -0.383 e. The summed E-state index contributed by atoms with van der Waals surface area (Å²) in [5.41, 5.74) is 2.20. The van der Waals surface area contributed by atoms with Crippen molar-refractivity contribution in [2.24, 2.45) is 0 Å². The van der Waals surface area contributed by atoms with Gasteiger partial charge in [0.1, 0.15) is 0 Å². The second kappa shape index (κ2) is 7.99. The molecule has 110 valence electrons. The van der Waals surface area contributed by atoms with Gasteiger partial charge in [-0.05, 0) is 17.5 Å². The number of carbonyl (C=O) groups excluding carboxylic acids is 1. The highest BCUT2D eigenvalue weighted by Crippen LogP contribution is 2.26. The first kappa shape index (κ1) is 15.0. The summed E-state index contributed by atoms with van der Waals surface area (Å²) in [5, 5.41) is 6.09. The number of nitrogens with one attached hydrogen (secondary N) is 2. The van der Waals surface area contributed by atoms with Gasteiger partial charge in [-0.25, -0.2) is 0 Å². The van der Waals surface area contributed by atoms with Crippen LogP contribution in [-0.2, 0) is 20.7 Å². The van der Waals surface area contributed by atoms with Crippen molar-refractivity contribution in [1.82, 2.24) is 10.6 Å². The molecular formula is C15H22N2O3. The zero-order valence-corrected chi connectivity index (χ0v) is 11.9. The summed E-state index contributed by atoms with van der Waals surface area (Å²) < 4.78 is 10.5. The molecule has 5 heteroatoms. The van der Waals surface area contributed by atoms with Crippen molar-refractivity contribution in [1.29, 1.82) is 0 Å². The number of fused-ring (bicyclic) bond motifs is 1. The van der Waals surface area contributed by atoms with Gasteiger partial charge in [-0.3, -0.25) is 4.79 Å². The minimum absolute atomic E-state index is 0.0642. The lowest BCUT2D eigenvalue weighted by atomic mass is 9.97. The summed E-state index contributed by atoms with van der Waals surface area (Å²) in [4.78, 5) is 12.2. The Morgan fingerprint density at radius 3 is 3.05 bits per heavy atom. The molecule has 1 aliphatic rings. The second-order valence-corrected chi connectivity index (χ2v) is 4.73. The molecule has 0 fully saturated rings. The number of amides is 1. The molecule has 20 heavy (non-hydrogen) atoms. The average molecular weight is 278 g/mol. The molecular weight excluding hydrogens is 256 g/mol. The Labute approximate surface area is 119 Å². The van der Waals surface area contributed by atoms with Gasteiger partial charge in [0.05, 0.1) is 13.2 Å². The first-order valence-corrected chi connectivity index (χ1v) is 6.99. The number of benzene rings is 1. The van der Waals surface area contributed by atoms with E-state index in [0.29, 0.717) is 19.8 Å². The van der Waals surface area contributed by atoms with E-state index in [0.717, 1.165) is 25.1 Å². The number of carbonyl (C=O) groups is 1. The van der Waals surface area contributed by atoms with Crippen LogP contribution < -0.4 is 10.6 Å². The summed E-state index contributed by atoms with van der Waals surface area (Å²) in [6.45, 7) is 3.37. The largest absolute Gasteiger partial charge is 0.383 e. The van der Waals surface area contributed by atoms with Crippen LogP contribution in [0.3, 0.4) is 0 Å². The second-order valence-electron chi connectivity index (χ2n) is 4.73. The Bertz CT molecular complexity index is 437. The van der Waals surface area contributed by atoms with Crippen molar-refractivity contribution in [3.63, 3.8) is 0 Å². The van der Waals surface area contributed by atoms with E-state index in [-0.39, 0.29) is 5.91 Å². The van der Waals surface area contributed by atoms with Gasteiger partial charge in [0.25, 0.3) is 5.91 Å². The molecule has 2 N–H and O–H groups in total. The van der Waals surface area contributed by atoms with Crippen LogP contribution in [0.4, 0.5) is 0 Å². The number of rotatable bonds is 7. The normalized spacial score (nSPS) is 17.6. The molecule has 1 aromatic rings. The maximum absolute atomic E-state index is 12.2.